The number of aliphatic hydroxyl groups is 1. The third kappa shape index (κ3) is 2.46. The first kappa shape index (κ1) is 8.92. The van der Waals surface area contributed by atoms with Crippen molar-refractivity contribution in [2.24, 2.45) is 0 Å². The Bertz CT molecular complexity index is 70.8. The summed E-state index contributed by atoms with van der Waals surface area (Å²) in [7, 11) is 0. The molecule has 50 valence electrons. The average molecular weight is 246 g/mol. The molecule has 1 N–H and O–H groups in total. The Balaban J connectivity index is 3.71. The molecule has 0 aromatic heterocycles. The van der Waals surface area contributed by atoms with Gasteiger partial charge >= 0.3 is 0 Å². The molecule has 0 rings (SSSR count). The van der Waals surface area contributed by atoms with Crippen molar-refractivity contribution < 1.29 is 5.11 Å². The normalized spacial score (nSPS) is 22.1. The molecular weight excluding hydrogens is 236 g/mol. The van der Waals surface area contributed by atoms with Crippen LogP contribution in [-0.4, -0.2) is 20.9 Å². The Morgan fingerprint density at radius 3 is 2.12 bits per heavy atom. The molecule has 3 heteroatoms. The van der Waals surface area contributed by atoms with Gasteiger partial charge in [-0.1, -0.05) is 38.8 Å². The van der Waals surface area contributed by atoms with Gasteiger partial charge in [0.2, 0.25) is 0 Å². The van der Waals surface area contributed by atoms with Crippen LogP contribution in [-0.2, 0) is 0 Å². The molecule has 0 spiro atoms. The molecule has 0 aliphatic carbocycles. The number of rotatable bonds is 2. The summed E-state index contributed by atoms with van der Waals surface area (Å²) in [6, 6.07) is 0. The van der Waals surface area contributed by atoms with E-state index in [2.05, 4.69) is 31.9 Å². The minimum Gasteiger partial charge on any atom is -0.395 e. The van der Waals surface area contributed by atoms with Crippen molar-refractivity contribution in [1.82, 2.24) is 0 Å². The first-order valence-electron chi connectivity index (χ1n) is 2.44. The molecule has 0 aromatic carbocycles. The number of aliphatic hydroxyl groups excluding tert-OH is 1. The maximum atomic E-state index is 8.69. The van der Waals surface area contributed by atoms with Crippen molar-refractivity contribution in [3.63, 3.8) is 0 Å². The minimum atomic E-state index is -0.174. The maximum absolute atomic E-state index is 8.69. The zero-order valence-electron chi connectivity index (χ0n) is 4.99. The first-order chi connectivity index (χ1) is 3.50. The van der Waals surface area contributed by atoms with Gasteiger partial charge in [-0.05, 0) is 6.92 Å². The summed E-state index contributed by atoms with van der Waals surface area (Å²) in [6.45, 7) is 4.08. The highest BCUT2D eigenvalue weighted by Gasteiger charge is 2.24. The van der Waals surface area contributed by atoms with Crippen molar-refractivity contribution in [2.45, 2.75) is 23.0 Å². The van der Waals surface area contributed by atoms with Crippen molar-refractivity contribution in [3.8, 4) is 0 Å². The third-order valence-electron chi connectivity index (χ3n) is 1.14. The molecule has 0 heterocycles. The Morgan fingerprint density at radius 2 is 2.12 bits per heavy atom. The van der Waals surface area contributed by atoms with E-state index in [9.17, 15) is 0 Å². The standard InChI is InChI=1S/C5H10Br2O/c1-4(6)5(2,7)3-8/h4,8H,3H2,1-2H3/t4-,5+/m0/s1. The lowest BCUT2D eigenvalue weighted by Gasteiger charge is -2.21. The van der Waals surface area contributed by atoms with Crippen molar-refractivity contribution in [3.05, 3.63) is 0 Å². The fraction of sp³-hybridized carbons (Fsp3) is 1.00. The van der Waals surface area contributed by atoms with Gasteiger partial charge in [0.25, 0.3) is 0 Å². The number of halogens is 2. The lowest BCUT2D eigenvalue weighted by molar-refractivity contribution is 0.260. The van der Waals surface area contributed by atoms with Gasteiger partial charge in [0.15, 0.2) is 0 Å². The number of hydrogen-bond acceptors (Lipinski definition) is 1. The van der Waals surface area contributed by atoms with E-state index >= 15 is 0 Å². The molecule has 0 radical (unpaired) electrons. The Kier molecular flexibility index (Phi) is 3.55. The number of hydrogen-bond donors (Lipinski definition) is 1. The van der Waals surface area contributed by atoms with Gasteiger partial charge < -0.3 is 5.11 Å². The molecular formula is C5H10Br2O. The quantitative estimate of drug-likeness (QED) is 0.738. The maximum Gasteiger partial charge on any atom is 0.0592 e. The lowest BCUT2D eigenvalue weighted by Crippen LogP contribution is -2.29. The van der Waals surface area contributed by atoms with E-state index in [1.165, 1.54) is 0 Å². The van der Waals surface area contributed by atoms with Gasteiger partial charge in [0.1, 0.15) is 0 Å². The summed E-state index contributed by atoms with van der Waals surface area (Å²) in [6.07, 6.45) is 0. The van der Waals surface area contributed by atoms with E-state index in [0.717, 1.165) is 0 Å². The largest absolute Gasteiger partial charge is 0.395 e. The van der Waals surface area contributed by atoms with E-state index in [1.54, 1.807) is 0 Å². The Hall–Kier alpha value is 0.920. The molecule has 8 heavy (non-hydrogen) atoms. The molecule has 0 bridgehead atoms. The van der Waals surface area contributed by atoms with E-state index in [0.29, 0.717) is 4.83 Å². The van der Waals surface area contributed by atoms with E-state index in [1.807, 2.05) is 13.8 Å². The van der Waals surface area contributed by atoms with Gasteiger partial charge in [0, 0.05) is 4.83 Å². The predicted molar refractivity (Wildman–Crippen MR) is 42.8 cm³/mol. The van der Waals surface area contributed by atoms with Gasteiger partial charge in [-0.3, -0.25) is 0 Å². The molecule has 0 aromatic rings. The van der Waals surface area contributed by atoms with Gasteiger partial charge in [-0.25, -0.2) is 0 Å². The van der Waals surface area contributed by atoms with Crippen LogP contribution in [0.25, 0.3) is 0 Å². The van der Waals surface area contributed by atoms with Gasteiger partial charge in [-0.15, -0.1) is 0 Å². The zero-order valence-corrected chi connectivity index (χ0v) is 8.16. The highest BCUT2D eigenvalue weighted by Crippen LogP contribution is 2.26. The van der Waals surface area contributed by atoms with E-state index < -0.39 is 0 Å². The summed E-state index contributed by atoms with van der Waals surface area (Å²) in [4.78, 5) is 0.292. The van der Waals surface area contributed by atoms with Crippen LogP contribution in [0.15, 0.2) is 0 Å². The number of alkyl halides is 2. The summed E-state index contributed by atoms with van der Waals surface area (Å²) in [5.41, 5.74) is 0. The molecule has 0 saturated heterocycles. The van der Waals surface area contributed by atoms with Crippen LogP contribution in [0.5, 0.6) is 0 Å². The summed E-state index contributed by atoms with van der Waals surface area (Å²) in [5.74, 6) is 0. The molecule has 2 atom stereocenters. The first-order valence-corrected chi connectivity index (χ1v) is 4.15. The molecule has 0 fully saturated rings. The second kappa shape index (κ2) is 3.18. The van der Waals surface area contributed by atoms with Crippen LogP contribution in [0.2, 0.25) is 0 Å². The van der Waals surface area contributed by atoms with Crippen LogP contribution in [0.4, 0.5) is 0 Å². The lowest BCUT2D eigenvalue weighted by atomic mass is 10.1. The van der Waals surface area contributed by atoms with Crippen LogP contribution < -0.4 is 0 Å². The molecule has 0 amide bonds. The fourth-order valence-corrected chi connectivity index (χ4v) is 0.271. The monoisotopic (exact) mass is 244 g/mol. The van der Waals surface area contributed by atoms with E-state index in [-0.39, 0.29) is 10.9 Å². The highest BCUT2D eigenvalue weighted by atomic mass is 79.9. The fourth-order valence-electron chi connectivity index (χ4n) is 0.126. The van der Waals surface area contributed by atoms with Gasteiger partial charge in [0.05, 0.1) is 10.9 Å². The van der Waals surface area contributed by atoms with E-state index in [4.69, 9.17) is 5.11 Å². The van der Waals surface area contributed by atoms with Crippen LogP contribution >= 0.6 is 31.9 Å². The Morgan fingerprint density at radius 1 is 1.75 bits per heavy atom. The molecule has 0 saturated carbocycles. The van der Waals surface area contributed by atoms with Crippen molar-refractivity contribution in [2.75, 3.05) is 6.61 Å². The minimum absolute atomic E-state index is 0.152. The zero-order chi connectivity index (χ0) is 6.78. The van der Waals surface area contributed by atoms with Crippen LogP contribution in [0, 0.1) is 0 Å². The summed E-state index contributed by atoms with van der Waals surface area (Å²) < 4.78 is -0.174. The smallest absolute Gasteiger partial charge is 0.0592 e. The summed E-state index contributed by atoms with van der Waals surface area (Å²) in [5, 5.41) is 8.69. The molecule has 0 aliphatic heterocycles. The SMILES string of the molecule is C[C@H](Br)[C@](C)(Br)CO. The average Bonchev–Trinajstić information content (AvgIpc) is 1.67. The van der Waals surface area contributed by atoms with Gasteiger partial charge in [-0.2, -0.15) is 0 Å². The van der Waals surface area contributed by atoms with Crippen LogP contribution in [0.3, 0.4) is 0 Å². The second-order valence-corrected chi connectivity index (χ2v) is 5.24. The molecule has 1 nitrogen and oxygen atoms in total. The second-order valence-electron chi connectivity index (χ2n) is 2.05. The Labute approximate surface area is 66.7 Å². The van der Waals surface area contributed by atoms with Crippen LogP contribution in [0.1, 0.15) is 13.8 Å². The molecule has 0 unspecified atom stereocenters. The van der Waals surface area contributed by atoms with Crippen molar-refractivity contribution >= 4 is 31.9 Å². The van der Waals surface area contributed by atoms with Crippen molar-refractivity contribution in [1.29, 1.82) is 0 Å². The topological polar surface area (TPSA) is 20.2 Å². The third-order valence-corrected chi connectivity index (χ3v) is 3.70. The highest BCUT2D eigenvalue weighted by molar-refractivity contribution is 9.12. The summed E-state index contributed by atoms with van der Waals surface area (Å²) >= 11 is 6.70. The molecule has 0 aliphatic rings. The predicted octanol–water partition coefficient (Wildman–Crippen LogP) is 1.92.